The van der Waals surface area contributed by atoms with Gasteiger partial charge < -0.3 is 14.8 Å². The Morgan fingerprint density at radius 2 is 1.88 bits per heavy atom. The predicted octanol–water partition coefficient (Wildman–Crippen LogP) is 0.971. The van der Waals surface area contributed by atoms with Crippen LogP contribution < -0.4 is 5.32 Å². The van der Waals surface area contributed by atoms with Crippen LogP contribution in [0.4, 0.5) is 0 Å². The molecule has 1 N–H and O–H groups in total. The Morgan fingerprint density at radius 1 is 1.19 bits per heavy atom. The fraction of sp³-hybridized carbons (Fsp3) is 1.00. The minimum atomic E-state index is 0.803. The van der Waals surface area contributed by atoms with Gasteiger partial charge in [-0.1, -0.05) is 13.8 Å². The maximum atomic E-state index is 5.29. The second kappa shape index (κ2) is 12.9. The second-order valence-electron chi connectivity index (χ2n) is 3.55. The van der Waals surface area contributed by atoms with Gasteiger partial charge in [-0.15, -0.1) is 0 Å². The lowest BCUT2D eigenvalue weighted by Crippen LogP contribution is -2.37. The Hall–Kier alpha value is -0.160. The van der Waals surface area contributed by atoms with Crippen LogP contribution in [0.5, 0.6) is 0 Å². The smallest absolute Gasteiger partial charge is 0.0594 e. The van der Waals surface area contributed by atoms with Gasteiger partial charge in [0.2, 0.25) is 0 Å². The van der Waals surface area contributed by atoms with Gasteiger partial charge in [-0.2, -0.15) is 0 Å². The van der Waals surface area contributed by atoms with Crippen LogP contribution in [0.1, 0.15) is 20.3 Å². The molecule has 1 fully saturated rings. The first-order valence-corrected chi connectivity index (χ1v) is 6.43. The van der Waals surface area contributed by atoms with Gasteiger partial charge in [-0.3, -0.25) is 4.90 Å². The lowest BCUT2D eigenvalue weighted by molar-refractivity contribution is 0.0374. The zero-order valence-electron chi connectivity index (χ0n) is 11.1. The normalized spacial score (nSPS) is 16.7. The number of rotatable bonds is 7. The number of nitrogens with zero attached hydrogens (tertiary/aromatic N) is 1. The summed E-state index contributed by atoms with van der Waals surface area (Å²) in [5.41, 5.74) is 0. The molecule has 1 aliphatic heterocycles. The molecule has 0 unspecified atom stereocenters. The van der Waals surface area contributed by atoms with Crippen LogP contribution in [0.15, 0.2) is 0 Å². The van der Waals surface area contributed by atoms with E-state index in [0.717, 1.165) is 46.0 Å². The Balaban J connectivity index is 0.00000106. The predicted molar refractivity (Wildman–Crippen MR) is 68.0 cm³/mol. The van der Waals surface area contributed by atoms with Crippen molar-refractivity contribution in [1.82, 2.24) is 10.2 Å². The van der Waals surface area contributed by atoms with Crippen molar-refractivity contribution in [3.63, 3.8) is 0 Å². The average Bonchev–Trinajstić information content (AvgIpc) is 2.37. The molecule has 1 aliphatic rings. The molecule has 1 saturated heterocycles. The minimum absolute atomic E-state index is 0.803. The highest BCUT2D eigenvalue weighted by Gasteiger charge is 2.08. The van der Waals surface area contributed by atoms with Gasteiger partial charge in [-0.25, -0.2) is 0 Å². The van der Waals surface area contributed by atoms with E-state index in [4.69, 9.17) is 9.47 Å². The Bertz CT molecular complexity index is 128. The van der Waals surface area contributed by atoms with Crippen LogP contribution in [-0.4, -0.2) is 64.6 Å². The summed E-state index contributed by atoms with van der Waals surface area (Å²) in [6.45, 7) is 12.0. The Kier molecular flexibility index (Phi) is 12.8. The minimum Gasteiger partial charge on any atom is -0.383 e. The highest BCUT2D eigenvalue weighted by Crippen LogP contribution is 1.96. The van der Waals surface area contributed by atoms with Crippen LogP contribution in [0.3, 0.4) is 0 Å². The third kappa shape index (κ3) is 9.09. The van der Waals surface area contributed by atoms with Gasteiger partial charge in [0.25, 0.3) is 0 Å². The highest BCUT2D eigenvalue weighted by molar-refractivity contribution is 4.62. The fourth-order valence-corrected chi connectivity index (χ4v) is 1.55. The van der Waals surface area contributed by atoms with E-state index in [2.05, 4.69) is 10.2 Å². The number of ether oxygens (including phenoxy) is 2. The second-order valence-corrected chi connectivity index (χ2v) is 3.55. The van der Waals surface area contributed by atoms with E-state index in [1.807, 2.05) is 13.8 Å². The van der Waals surface area contributed by atoms with E-state index in [-0.39, 0.29) is 0 Å². The molecule has 0 saturated carbocycles. The van der Waals surface area contributed by atoms with Crippen molar-refractivity contribution in [2.24, 2.45) is 0 Å². The molecule has 0 aromatic heterocycles. The van der Waals surface area contributed by atoms with Crippen molar-refractivity contribution in [2.45, 2.75) is 20.3 Å². The molecule has 4 heteroatoms. The van der Waals surface area contributed by atoms with Crippen LogP contribution in [0.2, 0.25) is 0 Å². The summed E-state index contributed by atoms with van der Waals surface area (Å²) in [5, 5.41) is 3.34. The molecule has 98 valence electrons. The average molecular weight is 232 g/mol. The molecule has 0 aliphatic carbocycles. The number of nitrogens with one attached hydrogen (secondary N) is 1. The van der Waals surface area contributed by atoms with Crippen molar-refractivity contribution in [3.05, 3.63) is 0 Å². The first kappa shape index (κ1) is 15.8. The van der Waals surface area contributed by atoms with E-state index < -0.39 is 0 Å². The molecule has 0 radical (unpaired) electrons. The van der Waals surface area contributed by atoms with E-state index >= 15 is 0 Å². The van der Waals surface area contributed by atoms with Crippen LogP contribution in [0.25, 0.3) is 0 Å². The Morgan fingerprint density at radius 3 is 2.50 bits per heavy atom. The molecule has 1 heterocycles. The molecule has 1 rings (SSSR count). The number of hydrogen-bond acceptors (Lipinski definition) is 4. The van der Waals surface area contributed by atoms with Crippen molar-refractivity contribution >= 4 is 0 Å². The highest BCUT2D eigenvalue weighted by atomic mass is 16.5. The lowest BCUT2D eigenvalue weighted by Gasteiger charge is -2.26. The van der Waals surface area contributed by atoms with Crippen molar-refractivity contribution in [1.29, 1.82) is 0 Å². The zero-order chi connectivity index (χ0) is 12.1. The molecular formula is C12H28N2O2. The maximum absolute atomic E-state index is 5.29. The van der Waals surface area contributed by atoms with Gasteiger partial charge in [0.15, 0.2) is 0 Å². The SMILES string of the molecule is CC.COCCNCCCN1CCOCC1. The lowest BCUT2D eigenvalue weighted by atomic mass is 10.3. The molecule has 0 aromatic carbocycles. The zero-order valence-corrected chi connectivity index (χ0v) is 11.1. The van der Waals surface area contributed by atoms with Gasteiger partial charge in [-0.05, 0) is 19.5 Å². The molecule has 0 aromatic rings. The van der Waals surface area contributed by atoms with Crippen LogP contribution >= 0.6 is 0 Å². The largest absolute Gasteiger partial charge is 0.383 e. The number of morpholine rings is 1. The number of methoxy groups -OCH3 is 1. The summed E-state index contributed by atoms with van der Waals surface area (Å²) in [7, 11) is 1.73. The standard InChI is InChI=1S/C10H22N2O2.C2H6/c1-13-8-4-11-3-2-5-12-6-9-14-10-7-12;1-2/h11H,2-10H2,1H3;1-2H3. The molecule has 0 spiro atoms. The molecule has 0 amide bonds. The summed E-state index contributed by atoms with van der Waals surface area (Å²) in [6, 6.07) is 0. The summed E-state index contributed by atoms with van der Waals surface area (Å²) in [6.07, 6.45) is 1.21. The van der Waals surface area contributed by atoms with E-state index in [1.165, 1.54) is 13.0 Å². The van der Waals surface area contributed by atoms with Gasteiger partial charge in [0, 0.05) is 26.7 Å². The molecule has 16 heavy (non-hydrogen) atoms. The molecule has 0 atom stereocenters. The third-order valence-electron chi connectivity index (χ3n) is 2.41. The van der Waals surface area contributed by atoms with Crippen LogP contribution in [-0.2, 0) is 9.47 Å². The fourth-order valence-electron chi connectivity index (χ4n) is 1.55. The third-order valence-corrected chi connectivity index (χ3v) is 2.41. The summed E-state index contributed by atoms with van der Waals surface area (Å²) in [5.74, 6) is 0. The monoisotopic (exact) mass is 232 g/mol. The molecule has 4 nitrogen and oxygen atoms in total. The summed E-state index contributed by atoms with van der Waals surface area (Å²) < 4.78 is 10.2. The summed E-state index contributed by atoms with van der Waals surface area (Å²) in [4.78, 5) is 2.46. The maximum Gasteiger partial charge on any atom is 0.0594 e. The summed E-state index contributed by atoms with van der Waals surface area (Å²) >= 11 is 0. The number of hydrogen-bond donors (Lipinski definition) is 1. The van der Waals surface area contributed by atoms with Crippen LogP contribution in [0, 0.1) is 0 Å². The quantitative estimate of drug-likeness (QED) is 0.663. The van der Waals surface area contributed by atoms with E-state index in [0.29, 0.717) is 0 Å². The van der Waals surface area contributed by atoms with E-state index in [9.17, 15) is 0 Å². The molecular weight excluding hydrogens is 204 g/mol. The van der Waals surface area contributed by atoms with Gasteiger partial charge in [0.1, 0.15) is 0 Å². The van der Waals surface area contributed by atoms with E-state index in [1.54, 1.807) is 7.11 Å². The first-order chi connectivity index (χ1) is 7.93. The van der Waals surface area contributed by atoms with Crippen molar-refractivity contribution in [3.8, 4) is 0 Å². The molecule has 0 bridgehead atoms. The topological polar surface area (TPSA) is 33.7 Å². The van der Waals surface area contributed by atoms with Gasteiger partial charge in [0.05, 0.1) is 19.8 Å². The van der Waals surface area contributed by atoms with Crippen molar-refractivity contribution in [2.75, 3.05) is 59.7 Å². The van der Waals surface area contributed by atoms with Gasteiger partial charge >= 0.3 is 0 Å². The van der Waals surface area contributed by atoms with Crippen molar-refractivity contribution < 1.29 is 9.47 Å². The Labute approximate surface area is 100 Å². The first-order valence-electron chi connectivity index (χ1n) is 6.43.